The Bertz CT molecular complexity index is 1290. The maximum Gasteiger partial charge on any atom is 0.416 e. The highest BCUT2D eigenvalue weighted by molar-refractivity contribution is 7.89. The van der Waals surface area contributed by atoms with E-state index in [1.54, 1.807) is 30.3 Å². The number of nitrogens with zero attached hydrogens (tertiary/aromatic N) is 1. The zero-order valence-corrected chi connectivity index (χ0v) is 18.9. The summed E-state index contributed by atoms with van der Waals surface area (Å²) >= 11 is 0. The maximum atomic E-state index is 13.3. The lowest BCUT2D eigenvalue weighted by Gasteiger charge is -2.22. The van der Waals surface area contributed by atoms with Crippen LogP contribution in [0.2, 0.25) is 0 Å². The van der Waals surface area contributed by atoms with Crippen molar-refractivity contribution in [3.63, 3.8) is 0 Å². The minimum absolute atomic E-state index is 0.101. The molecule has 36 heavy (non-hydrogen) atoms. The van der Waals surface area contributed by atoms with Crippen LogP contribution in [0, 0.1) is 5.82 Å². The highest BCUT2D eigenvalue weighted by atomic mass is 32.2. The van der Waals surface area contributed by atoms with E-state index in [1.165, 1.54) is 0 Å². The molecule has 0 saturated heterocycles. The molecule has 0 aliphatic heterocycles. The second-order valence-corrected chi connectivity index (χ2v) is 9.49. The molecule has 0 radical (unpaired) electrons. The maximum absolute atomic E-state index is 13.3. The van der Waals surface area contributed by atoms with Crippen molar-refractivity contribution in [1.82, 2.24) is 4.31 Å². The molecule has 0 aromatic heterocycles. The highest BCUT2D eigenvalue weighted by Gasteiger charge is 2.37. The number of benzene rings is 3. The van der Waals surface area contributed by atoms with E-state index in [-0.39, 0.29) is 17.5 Å². The molecule has 0 unspecified atom stereocenters. The summed E-state index contributed by atoms with van der Waals surface area (Å²) in [5.41, 5.74) is -3.67. The van der Waals surface area contributed by atoms with Crippen LogP contribution < -0.4 is 5.32 Å². The molecule has 3 rings (SSSR count). The molecule has 0 atom stereocenters. The Morgan fingerprint density at radius 1 is 0.806 bits per heavy atom. The SMILES string of the molecule is O=C(CN(Cc1ccccc1)S(=O)(=O)c1ccc(F)cc1)Nc1cc(C(F)(F)F)cc(C(F)(F)F)c1. The molecule has 1 N–H and O–H groups in total. The number of carbonyl (C=O) groups excluding carboxylic acids is 1. The summed E-state index contributed by atoms with van der Waals surface area (Å²) in [6.45, 7) is -1.31. The molecule has 13 heteroatoms. The zero-order chi connectivity index (χ0) is 26.7. The van der Waals surface area contributed by atoms with E-state index < -0.39 is 57.5 Å². The summed E-state index contributed by atoms with van der Waals surface area (Å²) < 4.78 is 119. The van der Waals surface area contributed by atoms with E-state index in [9.17, 15) is 43.9 Å². The fraction of sp³-hybridized carbons (Fsp3) is 0.174. The first-order valence-electron chi connectivity index (χ1n) is 10.1. The van der Waals surface area contributed by atoms with Gasteiger partial charge in [0.15, 0.2) is 0 Å². The van der Waals surface area contributed by atoms with Gasteiger partial charge in [0.2, 0.25) is 15.9 Å². The van der Waals surface area contributed by atoms with Crippen molar-refractivity contribution in [2.45, 2.75) is 23.8 Å². The number of hydrogen-bond acceptors (Lipinski definition) is 3. The summed E-state index contributed by atoms with van der Waals surface area (Å²) in [6, 6.07) is 12.2. The summed E-state index contributed by atoms with van der Waals surface area (Å²) in [7, 11) is -4.42. The molecular formula is C23H17F7N2O3S. The lowest BCUT2D eigenvalue weighted by atomic mass is 10.1. The Labute approximate surface area is 201 Å². The molecule has 3 aromatic carbocycles. The first kappa shape index (κ1) is 27.1. The summed E-state index contributed by atoms with van der Waals surface area (Å²) in [6.07, 6.45) is -10.3. The Morgan fingerprint density at radius 3 is 1.83 bits per heavy atom. The van der Waals surface area contributed by atoms with Gasteiger partial charge in [-0.15, -0.1) is 0 Å². The summed E-state index contributed by atoms with van der Waals surface area (Å²) in [5, 5.41) is 1.91. The smallest absolute Gasteiger partial charge is 0.325 e. The number of halogens is 7. The van der Waals surface area contributed by atoms with Gasteiger partial charge in [-0.1, -0.05) is 30.3 Å². The van der Waals surface area contributed by atoms with Crippen molar-refractivity contribution in [3.8, 4) is 0 Å². The number of hydrogen-bond donors (Lipinski definition) is 1. The van der Waals surface area contributed by atoms with Gasteiger partial charge in [-0.2, -0.15) is 30.6 Å². The molecule has 0 bridgehead atoms. The van der Waals surface area contributed by atoms with E-state index in [0.29, 0.717) is 22.0 Å². The second-order valence-electron chi connectivity index (χ2n) is 7.56. The molecule has 3 aromatic rings. The Kier molecular flexibility index (Phi) is 7.74. The van der Waals surface area contributed by atoms with Gasteiger partial charge in [0, 0.05) is 12.2 Å². The number of alkyl halides is 6. The number of carbonyl (C=O) groups is 1. The van der Waals surface area contributed by atoms with Crippen LogP contribution in [0.5, 0.6) is 0 Å². The number of amides is 1. The van der Waals surface area contributed by atoms with Crippen LogP contribution in [0.4, 0.5) is 36.4 Å². The van der Waals surface area contributed by atoms with E-state index >= 15 is 0 Å². The molecule has 192 valence electrons. The number of rotatable bonds is 7. The van der Waals surface area contributed by atoms with E-state index in [2.05, 4.69) is 0 Å². The van der Waals surface area contributed by atoms with Gasteiger partial charge in [0.05, 0.1) is 22.6 Å². The zero-order valence-electron chi connectivity index (χ0n) is 18.1. The van der Waals surface area contributed by atoms with Crippen LogP contribution in [-0.2, 0) is 33.7 Å². The third-order valence-corrected chi connectivity index (χ3v) is 6.65. The first-order valence-corrected chi connectivity index (χ1v) is 11.5. The molecule has 0 spiro atoms. The van der Waals surface area contributed by atoms with Gasteiger partial charge >= 0.3 is 12.4 Å². The molecule has 0 saturated carbocycles. The lowest BCUT2D eigenvalue weighted by Crippen LogP contribution is -2.37. The van der Waals surface area contributed by atoms with Crippen LogP contribution >= 0.6 is 0 Å². The third kappa shape index (κ3) is 6.82. The normalized spacial score (nSPS) is 12.6. The Hall–Kier alpha value is -3.45. The first-order chi connectivity index (χ1) is 16.7. The number of anilines is 1. The van der Waals surface area contributed by atoms with Crippen LogP contribution in [0.15, 0.2) is 77.7 Å². The van der Waals surface area contributed by atoms with Crippen molar-refractivity contribution in [2.24, 2.45) is 0 Å². The molecule has 0 heterocycles. The second kappa shape index (κ2) is 10.3. The largest absolute Gasteiger partial charge is 0.416 e. The van der Waals surface area contributed by atoms with Crippen molar-refractivity contribution in [3.05, 3.63) is 95.3 Å². The van der Waals surface area contributed by atoms with Crippen LogP contribution in [0.1, 0.15) is 16.7 Å². The van der Waals surface area contributed by atoms with E-state index in [4.69, 9.17) is 0 Å². The van der Waals surface area contributed by atoms with Gasteiger partial charge in [-0.25, -0.2) is 12.8 Å². The fourth-order valence-corrected chi connectivity index (χ4v) is 4.54. The summed E-state index contributed by atoms with van der Waals surface area (Å²) in [4.78, 5) is 12.3. The van der Waals surface area contributed by atoms with Crippen LogP contribution in [0.3, 0.4) is 0 Å². The minimum Gasteiger partial charge on any atom is -0.325 e. The van der Waals surface area contributed by atoms with Gasteiger partial charge in [-0.3, -0.25) is 4.79 Å². The monoisotopic (exact) mass is 534 g/mol. The van der Waals surface area contributed by atoms with E-state index in [1.807, 2.05) is 5.32 Å². The molecule has 0 aliphatic rings. The number of nitrogens with one attached hydrogen (secondary N) is 1. The standard InChI is InChI=1S/C23H17F7N2O3S/c24-18-6-8-20(9-7-18)36(34,35)32(13-15-4-2-1-3-5-15)14-21(33)31-19-11-16(22(25,26)27)10-17(12-19)23(28,29)30/h1-12H,13-14H2,(H,31,33). The van der Waals surface area contributed by atoms with E-state index in [0.717, 1.165) is 24.3 Å². The Balaban J connectivity index is 1.93. The van der Waals surface area contributed by atoms with Gasteiger partial charge in [-0.05, 0) is 48.0 Å². The average molecular weight is 534 g/mol. The average Bonchev–Trinajstić information content (AvgIpc) is 2.78. The predicted octanol–water partition coefficient (Wildman–Crippen LogP) is 5.69. The fourth-order valence-electron chi connectivity index (χ4n) is 3.16. The molecule has 0 fully saturated rings. The van der Waals surface area contributed by atoms with Gasteiger partial charge in [0.1, 0.15) is 5.82 Å². The van der Waals surface area contributed by atoms with Crippen LogP contribution in [0.25, 0.3) is 0 Å². The van der Waals surface area contributed by atoms with Gasteiger partial charge < -0.3 is 5.32 Å². The third-order valence-electron chi connectivity index (χ3n) is 4.84. The lowest BCUT2D eigenvalue weighted by molar-refractivity contribution is -0.143. The van der Waals surface area contributed by atoms with Crippen molar-refractivity contribution < 1.29 is 43.9 Å². The van der Waals surface area contributed by atoms with Gasteiger partial charge in [0.25, 0.3) is 0 Å². The quantitative estimate of drug-likeness (QED) is 0.396. The van der Waals surface area contributed by atoms with Crippen LogP contribution in [-0.4, -0.2) is 25.2 Å². The van der Waals surface area contributed by atoms with Crippen molar-refractivity contribution in [2.75, 3.05) is 11.9 Å². The topological polar surface area (TPSA) is 66.5 Å². The molecular weight excluding hydrogens is 517 g/mol. The molecule has 1 amide bonds. The minimum atomic E-state index is -5.13. The highest BCUT2D eigenvalue weighted by Crippen LogP contribution is 2.37. The predicted molar refractivity (Wildman–Crippen MR) is 116 cm³/mol. The molecule has 5 nitrogen and oxygen atoms in total. The Morgan fingerprint density at radius 2 is 1.33 bits per heavy atom. The molecule has 0 aliphatic carbocycles. The number of sulfonamides is 1. The summed E-state index contributed by atoms with van der Waals surface area (Å²) in [5.74, 6) is -1.91. The van der Waals surface area contributed by atoms with Crippen molar-refractivity contribution >= 4 is 21.6 Å². The van der Waals surface area contributed by atoms with Crippen molar-refractivity contribution in [1.29, 1.82) is 0 Å².